The van der Waals surface area contributed by atoms with Crippen molar-refractivity contribution in [3.63, 3.8) is 0 Å². The number of aryl methyl sites for hydroxylation is 1. The molecule has 0 aliphatic rings. The van der Waals surface area contributed by atoms with E-state index in [0.717, 1.165) is 44.8 Å². The first kappa shape index (κ1) is 21.0. The number of rotatable bonds is 3. The molecule has 180 valence electrons. The van der Waals surface area contributed by atoms with Gasteiger partial charge in [-0.05, 0) is 48.5 Å². The second-order valence-electron chi connectivity index (χ2n) is 9.69. The van der Waals surface area contributed by atoms with Gasteiger partial charge in [0.15, 0.2) is 0 Å². The highest BCUT2D eigenvalue weighted by molar-refractivity contribution is 6.11. The van der Waals surface area contributed by atoms with Gasteiger partial charge in [0.1, 0.15) is 11.5 Å². The summed E-state index contributed by atoms with van der Waals surface area (Å²) in [5, 5.41) is 4.82. The lowest BCUT2D eigenvalue weighted by Gasteiger charge is -2.12. The highest BCUT2D eigenvalue weighted by atomic mass is 15.1. The van der Waals surface area contributed by atoms with Gasteiger partial charge < -0.3 is 9.13 Å². The predicted octanol–water partition coefficient (Wildman–Crippen LogP) is 7.68. The summed E-state index contributed by atoms with van der Waals surface area (Å²) in [6, 6.07) is 36.7. The molecule has 0 N–H and O–H groups in total. The Labute approximate surface area is 218 Å². The van der Waals surface area contributed by atoms with Gasteiger partial charge in [0.05, 0.1) is 16.6 Å². The van der Waals surface area contributed by atoms with Crippen LogP contribution in [0.25, 0.3) is 66.5 Å². The summed E-state index contributed by atoms with van der Waals surface area (Å²) < 4.78 is 6.69. The first-order valence-corrected chi connectivity index (χ1v) is 12.7. The smallest absolute Gasteiger partial charge is 0.145 e. The number of aromatic nitrogens is 5. The Bertz CT molecular complexity index is 2100. The number of benzene rings is 4. The molecule has 0 saturated heterocycles. The van der Waals surface area contributed by atoms with E-state index < -0.39 is 0 Å². The zero-order valence-corrected chi connectivity index (χ0v) is 20.8. The Morgan fingerprint density at radius 1 is 0.526 bits per heavy atom. The molecule has 0 spiro atoms. The molecular weight excluding hydrogens is 466 g/mol. The van der Waals surface area contributed by atoms with E-state index >= 15 is 0 Å². The second kappa shape index (κ2) is 7.92. The molecule has 4 aromatic heterocycles. The van der Waals surface area contributed by atoms with Crippen molar-refractivity contribution in [3.8, 4) is 22.8 Å². The molecule has 0 aliphatic heterocycles. The Balaban J connectivity index is 1.44. The molecule has 4 heterocycles. The lowest BCUT2D eigenvalue weighted by atomic mass is 10.1. The maximum Gasteiger partial charge on any atom is 0.145 e. The largest absolute Gasteiger partial charge is 0.334 e. The van der Waals surface area contributed by atoms with E-state index in [2.05, 4.69) is 116 Å². The minimum absolute atomic E-state index is 0.949. The van der Waals surface area contributed by atoms with Gasteiger partial charge in [-0.3, -0.25) is 4.57 Å². The van der Waals surface area contributed by atoms with Crippen LogP contribution in [-0.2, 0) is 7.05 Å². The standard InChI is InChI=1S/C33H23N5/c1-36-19-18-35-32(36)22-8-6-9-23(20-22)37-29-13-4-2-10-25(29)27-16-15-24(21-31(27)37)38-30-14-5-3-11-26(30)28-12-7-17-34-33(28)38/h2-21H,1H3. The third-order valence-corrected chi connectivity index (χ3v) is 7.53. The molecule has 0 amide bonds. The summed E-state index contributed by atoms with van der Waals surface area (Å²) in [6.45, 7) is 0. The average Bonchev–Trinajstić information content (AvgIpc) is 3.64. The van der Waals surface area contributed by atoms with Gasteiger partial charge in [0, 0.05) is 64.1 Å². The number of para-hydroxylation sites is 2. The van der Waals surface area contributed by atoms with E-state index in [0.29, 0.717) is 0 Å². The summed E-state index contributed by atoms with van der Waals surface area (Å²) in [6.07, 6.45) is 5.69. The quantitative estimate of drug-likeness (QED) is 0.255. The zero-order chi connectivity index (χ0) is 25.2. The summed E-state index contributed by atoms with van der Waals surface area (Å²) in [4.78, 5) is 9.38. The average molecular weight is 490 g/mol. The Hall–Kier alpha value is -5.16. The minimum atomic E-state index is 0.949. The lowest BCUT2D eigenvalue weighted by molar-refractivity contribution is 0.924. The van der Waals surface area contributed by atoms with Crippen LogP contribution >= 0.6 is 0 Å². The van der Waals surface area contributed by atoms with Crippen LogP contribution in [0.1, 0.15) is 0 Å². The maximum absolute atomic E-state index is 4.79. The van der Waals surface area contributed by atoms with Crippen LogP contribution in [0.5, 0.6) is 0 Å². The number of hydrogen-bond acceptors (Lipinski definition) is 2. The first-order valence-electron chi connectivity index (χ1n) is 12.7. The van der Waals surface area contributed by atoms with Crippen molar-refractivity contribution in [2.24, 2.45) is 7.05 Å². The molecule has 5 nitrogen and oxygen atoms in total. The van der Waals surface area contributed by atoms with Crippen molar-refractivity contribution < 1.29 is 0 Å². The van der Waals surface area contributed by atoms with E-state index in [4.69, 9.17) is 4.98 Å². The van der Waals surface area contributed by atoms with Gasteiger partial charge in [-0.1, -0.05) is 54.6 Å². The van der Waals surface area contributed by atoms with Crippen LogP contribution < -0.4 is 0 Å². The van der Waals surface area contributed by atoms with Crippen LogP contribution in [-0.4, -0.2) is 23.7 Å². The van der Waals surface area contributed by atoms with Gasteiger partial charge >= 0.3 is 0 Å². The predicted molar refractivity (Wildman–Crippen MR) is 155 cm³/mol. The summed E-state index contributed by atoms with van der Waals surface area (Å²) in [5.41, 5.74) is 7.73. The van der Waals surface area contributed by atoms with Crippen molar-refractivity contribution in [2.75, 3.05) is 0 Å². The van der Waals surface area contributed by atoms with E-state index in [1.807, 2.05) is 31.7 Å². The molecule has 4 aromatic carbocycles. The van der Waals surface area contributed by atoms with Crippen LogP contribution in [0, 0.1) is 0 Å². The van der Waals surface area contributed by atoms with E-state index in [1.165, 1.54) is 21.7 Å². The second-order valence-corrected chi connectivity index (χ2v) is 9.69. The molecule has 0 bridgehead atoms. The lowest BCUT2D eigenvalue weighted by Crippen LogP contribution is -1.98. The van der Waals surface area contributed by atoms with Crippen molar-refractivity contribution >= 4 is 43.7 Å². The SMILES string of the molecule is Cn1ccnc1-c1cccc(-n2c3ccccc3c3ccc(-n4c5ccccc5c5cccnc54)cc32)c1. The van der Waals surface area contributed by atoms with E-state index in [-0.39, 0.29) is 0 Å². The number of fused-ring (bicyclic) bond motifs is 6. The Morgan fingerprint density at radius 3 is 2.05 bits per heavy atom. The van der Waals surface area contributed by atoms with Crippen molar-refractivity contribution in [3.05, 3.63) is 122 Å². The molecule has 8 rings (SSSR count). The molecule has 0 radical (unpaired) electrons. The highest BCUT2D eigenvalue weighted by Crippen LogP contribution is 2.36. The van der Waals surface area contributed by atoms with Gasteiger partial charge in [-0.2, -0.15) is 0 Å². The van der Waals surface area contributed by atoms with Crippen LogP contribution in [0.4, 0.5) is 0 Å². The molecule has 0 aliphatic carbocycles. The summed E-state index contributed by atoms with van der Waals surface area (Å²) >= 11 is 0. The topological polar surface area (TPSA) is 40.6 Å². The normalized spacial score (nSPS) is 11.8. The highest BCUT2D eigenvalue weighted by Gasteiger charge is 2.17. The Morgan fingerprint density at radius 2 is 1.24 bits per heavy atom. The van der Waals surface area contributed by atoms with Gasteiger partial charge in [-0.15, -0.1) is 0 Å². The van der Waals surface area contributed by atoms with Crippen molar-refractivity contribution in [1.29, 1.82) is 0 Å². The fourth-order valence-electron chi connectivity index (χ4n) is 5.86. The van der Waals surface area contributed by atoms with Crippen molar-refractivity contribution in [1.82, 2.24) is 23.7 Å². The number of imidazole rings is 1. The third kappa shape index (κ3) is 2.93. The van der Waals surface area contributed by atoms with E-state index in [9.17, 15) is 0 Å². The van der Waals surface area contributed by atoms with Crippen LogP contribution in [0.2, 0.25) is 0 Å². The summed E-state index contributed by atoms with van der Waals surface area (Å²) in [5.74, 6) is 0.949. The van der Waals surface area contributed by atoms with Gasteiger partial charge in [0.2, 0.25) is 0 Å². The summed E-state index contributed by atoms with van der Waals surface area (Å²) in [7, 11) is 2.03. The molecule has 0 unspecified atom stereocenters. The zero-order valence-electron chi connectivity index (χ0n) is 20.8. The number of nitrogens with zero attached hydrogens (tertiary/aromatic N) is 5. The van der Waals surface area contributed by atoms with Crippen molar-refractivity contribution in [2.45, 2.75) is 0 Å². The molecule has 38 heavy (non-hydrogen) atoms. The van der Waals surface area contributed by atoms with Crippen LogP contribution in [0.15, 0.2) is 122 Å². The molecule has 0 saturated carbocycles. The molecule has 8 aromatic rings. The van der Waals surface area contributed by atoms with Crippen LogP contribution in [0.3, 0.4) is 0 Å². The van der Waals surface area contributed by atoms with Gasteiger partial charge in [0.25, 0.3) is 0 Å². The van der Waals surface area contributed by atoms with Gasteiger partial charge in [-0.25, -0.2) is 9.97 Å². The fraction of sp³-hybridized carbons (Fsp3) is 0.0303. The molecular formula is C33H23N5. The maximum atomic E-state index is 4.79. The molecule has 5 heteroatoms. The first-order chi connectivity index (χ1) is 18.8. The fourth-order valence-corrected chi connectivity index (χ4v) is 5.86. The monoisotopic (exact) mass is 489 g/mol. The number of hydrogen-bond donors (Lipinski definition) is 0. The molecule has 0 fully saturated rings. The third-order valence-electron chi connectivity index (χ3n) is 7.53. The van der Waals surface area contributed by atoms with E-state index in [1.54, 1.807) is 0 Å². The minimum Gasteiger partial charge on any atom is -0.334 e. The Kier molecular flexibility index (Phi) is 4.37. The molecule has 0 atom stereocenters. The number of pyridine rings is 1.